The van der Waals surface area contributed by atoms with E-state index in [1.54, 1.807) is 11.1 Å². The first kappa shape index (κ1) is 10.8. The van der Waals surface area contributed by atoms with E-state index in [2.05, 4.69) is 25.8 Å². The van der Waals surface area contributed by atoms with Crippen LogP contribution in [0, 0.1) is 0 Å². The van der Waals surface area contributed by atoms with Crippen LogP contribution in [-0.2, 0) is 0 Å². The zero-order valence-corrected chi connectivity index (χ0v) is 10.7. The number of piperazine rings is 1. The minimum Gasteiger partial charge on any atom is -0.465 e. The molecule has 1 aromatic rings. The second-order valence-corrected chi connectivity index (χ2v) is 5.38. The van der Waals surface area contributed by atoms with E-state index in [0.717, 1.165) is 23.3 Å². The Morgan fingerprint density at radius 2 is 2.29 bits per heavy atom. The molecule has 0 saturated carbocycles. The smallest absolute Gasteiger partial charge is 0.407 e. The minimum atomic E-state index is -0.806. The maximum atomic E-state index is 11.0. The van der Waals surface area contributed by atoms with Gasteiger partial charge < -0.3 is 14.9 Å². The average Bonchev–Trinajstić information content (AvgIpc) is 2.87. The van der Waals surface area contributed by atoms with Crippen LogP contribution in [0.4, 0.5) is 10.6 Å². The molecule has 2 atom stereocenters. The molecule has 6 heteroatoms. The highest BCUT2D eigenvalue weighted by Gasteiger charge is 2.45. The normalized spacial score (nSPS) is 26.6. The number of hydrogen-bond acceptors (Lipinski definition) is 3. The molecule has 3 heterocycles. The number of amides is 1. The summed E-state index contributed by atoms with van der Waals surface area (Å²) in [6, 6.07) is 4.27. The van der Waals surface area contributed by atoms with Crippen molar-refractivity contribution in [2.24, 2.45) is 0 Å². The van der Waals surface area contributed by atoms with Crippen molar-refractivity contribution in [3.63, 3.8) is 0 Å². The van der Waals surface area contributed by atoms with Gasteiger partial charge in [0.25, 0.3) is 0 Å². The van der Waals surface area contributed by atoms with Crippen LogP contribution >= 0.6 is 15.9 Å². The SMILES string of the molecule is O=C(O)N1CC2CC1CN2c1cc(Br)ccn1. The predicted molar refractivity (Wildman–Crippen MR) is 66.2 cm³/mol. The average molecular weight is 298 g/mol. The van der Waals surface area contributed by atoms with Crippen LogP contribution in [0.3, 0.4) is 0 Å². The van der Waals surface area contributed by atoms with Crippen LogP contribution in [0.25, 0.3) is 0 Å². The van der Waals surface area contributed by atoms with Gasteiger partial charge in [-0.2, -0.15) is 0 Å². The molecule has 5 nitrogen and oxygen atoms in total. The van der Waals surface area contributed by atoms with E-state index in [0.29, 0.717) is 6.54 Å². The summed E-state index contributed by atoms with van der Waals surface area (Å²) >= 11 is 3.43. The van der Waals surface area contributed by atoms with Gasteiger partial charge in [-0.1, -0.05) is 15.9 Å². The summed E-state index contributed by atoms with van der Waals surface area (Å²) in [6.45, 7) is 1.34. The van der Waals surface area contributed by atoms with Crippen LogP contribution in [0.1, 0.15) is 6.42 Å². The second kappa shape index (κ2) is 3.87. The zero-order chi connectivity index (χ0) is 12.0. The van der Waals surface area contributed by atoms with Gasteiger partial charge in [0.2, 0.25) is 0 Å². The van der Waals surface area contributed by atoms with E-state index >= 15 is 0 Å². The van der Waals surface area contributed by atoms with Gasteiger partial charge in [-0.15, -0.1) is 0 Å². The van der Waals surface area contributed by atoms with Crippen molar-refractivity contribution < 1.29 is 9.90 Å². The molecule has 1 aromatic heterocycles. The molecule has 2 bridgehead atoms. The van der Waals surface area contributed by atoms with E-state index in [-0.39, 0.29) is 12.1 Å². The summed E-state index contributed by atoms with van der Waals surface area (Å²) in [5.41, 5.74) is 0. The number of hydrogen-bond donors (Lipinski definition) is 1. The fraction of sp³-hybridized carbons (Fsp3) is 0.455. The lowest BCUT2D eigenvalue weighted by molar-refractivity contribution is 0.137. The first-order chi connectivity index (χ1) is 8.15. The number of anilines is 1. The lowest BCUT2D eigenvalue weighted by Gasteiger charge is -2.33. The van der Waals surface area contributed by atoms with E-state index in [9.17, 15) is 4.79 Å². The van der Waals surface area contributed by atoms with Gasteiger partial charge in [0.05, 0.1) is 12.1 Å². The summed E-state index contributed by atoms with van der Waals surface area (Å²) in [6.07, 6.45) is 1.88. The highest BCUT2D eigenvalue weighted by molar-refractivity contribution is 9.10. The molecule has 2 fully saturated rings. The molecule has 2 aliphatic rings. The van der Waals surface area contributed by atoms with Gasteiger partial charge in [0.1, 0.15) is 5.82 Å². The van der Waals surface area contributed by atoms with E-state index in [4.69, 9.17) is 5.11 Å². The first-order valence-electron chi connectivity index (χ1n) is 5.53. The number of likely N-dealkylation sites (tertiary alicyclic amines) is 1. The lowest BCUT2D eigenvalue weighted by Crippen LogP contribution is -2.48. The molecule has 2 saturated heterocycles. The molecule has 3 rings (SSSR count). The molecular weight excluding hydrogens is 286 g/mol. The Morgan fingerprint density at radius 1 is 1.47 bits per heavy atom. The molecule has 0 radical (unpaired) electrons. The third kappa shape index (κ3) is 1.76. The van der Waals surface area contributed by atoms with Gasteiger partial charge in [-0.25, -0.2) is 9.78 Å². The summed E-state index contributed by atoms with van der Waals surface area (Å²) in [4.78, 5) is 19.1. The minimum absolute atomic E-state index is 0.123. The largest absolute Gasteiger partial charge is 0.465 e. The van der Waals surface area contributed by atoms with Crippen molar-refractivity contribution >= 4 is 27.8 Å². The molecule has 0 aliphatic carbocycles. The highest BCUT2D eigenvalue weighted by atomic mass is 79.9. The lowest BCUT2D eigenvalue weighted by atomic mass is 10.2. The zero-order valence-electron chi connectivity index (χ0n) is 9.08. The number of carboxylic acid groups (broad SMARTS) is 1. The van der Waals surface area contributed by atoms with Gasteiger partial charge >= 0.3 is 6.09 Å². The summed E-state index contributed by atoms with van der Waals surface area (Å²) < 4.78 is 1.00. The van der Waals surface area contributed by atoms with Crippen molar-refractivity contribution in [2.75, 3.05) is 18.0 Å². The van der Waals surface area contributed by atoms with Crippen LogP contribution in [0.5, 0.6) is 0 Å². The van der Waals surface area contributed by atoms with E-state index in [1.807, 2.05) is 12.1 Å². The topological polar surface area (TPSA) is 56.7 Å². The van der Waals surface area contributed by atoms with E-state index < -0.39 is 6.09 Å². The summed E-state index contributed by atoms with van der Waals surface area (Å²) in [5, 5.41) is 9.02. The Balaban J connectivity index is 1.80. The summed E-state index contributed by atoms with van der Waals surface area (Å²) in [5.74, 6) is 0.928. The number of aromatic nitrogens is 1. The second-order valence-electron chi connectivity index (χ2n) is 4.46. The number of carbonyl (C=O) groups is 1. The Hall–Kier alpha value is -1.30. The number of nitrogens with zero attached hydrogens (tertiary/aromatic N) is 3. The van der Waals surface area contributed by atoms with Crippen molar-refractivity contribution in [2.45, 2.75) is 18.5 Å². The van der Waals surface area contributed by atoms with E-state index in [1.165, 1.54) is 0 Å². The molecule has 2 unspecified atom stereocenters. The molecule has 17 heavy (non-hydrogen) atoms. The molecule has 1 N–H and O–H groups in total. The standard InChI is InChI=1S/C11H12BrN3O2/c12-7-1-2-13-10(3-7)14-5-9-4-8(14)6-15(9)11(16)17/h1-3,8-9H,4-6H2,(H,16,17). The Kier molecular flexibility index (Phi) is 2.47. The van der Waals surface area contributed by atoms with Crippen molar-refractivity contribution in [3.8, 4) is 0 Å². The van der Waals surface area contributed by atoms with Crippen LogP contribution in [0.2, 0.25) is 0 Å². The third-order valence-electron chi connectivity index (χ3n) is 3.49. The van der Waals surface area contributed by atoms with Crippen molar-refractivity contribution in [1.29, 1.82) is 0 Å². The Morgan fingerprint density at radius 3 is 2.88 bits per heavy atom. The number of fused-ring (bicyclic) bond motifs is 2. The van der Waals surface area contributed by atoms with Crippen molar-refractivity contribution in [1.82, 2.24) is 9.88 Å². The summed E-state index contributed by atoms with van der Waals surface area (Å²) in [7, 11) is 0. The molecule has 0 spiro atoms. The Labute approximate surface area is 107 Å². The predicted octanol–water partition coefficient (Wildman–Crippen LogP) is 1.79. The maximum Gasteiger partial charge on any atom is 0.407 e. The molecule has 1 amide bonds. The van der Waals surface area contributed by atoms with Gasteiger partial charge in [-0.05, 0) is 18.6 Å². The van der Waals surface area contributed by atoms with Crippen LogP contribution in [0.15, 0.2) is 22.8 Å². The molecule has 0 aromatic carbocycles. The number of rotatable bonds is 1. The van der Waals surface area contributed by atoms with Crippen LogP contribution in [-0.4, -0.2) is 46.3 Å². The quantitative estimate of drug-likeness (QED) is 0.858. The Bertz CT molecular complexity index is 468. The maximum absolute atomic E-state index is 11.0. The molecule has 2 aliphatic heterocycles. The number of halogens is 1. The molecule has 90 valence electrons. The fourth-order valence-corrected chi connectivity index (χ4v) is 3.06. The van der Waals surface area contributed by atoms with Crippen LogP contribution < -0.4 is 4.90 Å². The third-order valence-corrected chi connectivity index (χ3v) is 3.98. The monoisotopic (exact) mass is 297 g/mol. The first-order valence-corrected chi connectivity index (χ1v) is 6.32. The van der Waals surface area contributed by atoms with Gasteiger partial charge in [-0.3, -0.25) is 0 Å². The van der Waals surface area contributed by atoms with Gasteiger partial charge in [0, 0.05) is 23.8 Å². The highest BCUT2D eigenvalue weighted by Crippen LogP contribution is 2.34. The van der Waals surface area contributed by atoms with Crippen molar-refractivity contribution in [3.05, 3.63) is 22.8 Å². The number of pyridine rings is 1. The fourth-order valence-electron chi connectivity index (χ4n) is 2.73. The van der Waals surface area contributed by atoms with Gasteiger partial charge in [0.15, 0.2) is 0 Å². The molecular formula is C11H12BrN3O2.